The summed E-state index contributed by atoms with van der Waals surface area (Å²) in [6.07, 6.45) is 0. The standard InChI is InChI=1S/C14H40N9P3/c1-13(2)15-24(20(5)6)17-25(21(7)8,16-14(3)4)19-26(18-24,22(9)10)23(11)12/h13-16H,1-12H3. The quantitative estimate of drug-likeness (QED) is 0.569. The Kier molecular flexibility index (Phi) is 8.34. The van der Waals surface area contributed by atoms with E-state index in [0.29, 0.717) is 0 Å². The minimum atomic E-state index is -2.33. The van der Waals surface area contributed by atoms with Crippen molar-refractivity contribution in [3.05, 3.63) is 0 Å². The van der Waals surface area contributed by atoms with Crippen LogP contribution in [-0.4, -0.2) is 87.1 Å². The first kappa shape index (κ1) is 24.5. The molecule has 12 heteroatoms. The zero-order valence-corrected chi connectivity index (χ0v) is 21.3. The van der Waals surface area contributed by atoms with Crippen LogP contribution in [0.15, 0.2) is 13.5 Å². The summed E-state index contributed by atoms with van der Waals surface area (Å²) in [6.45, 7) is 8.61. The van der Waals surface area contributed by atoms with Crippen molar-refractivity contribution in [3.63, 3.8) is 0 Å². The molecule has 1 aliphatic rings. The Labute approximate surface area is 161 Å². The largest absolute Gasteiger partial charge is 0.251 e. The van der Waals surface area contributed by atoms with Gasteiger partial charge in [0.2, 0.25) is 22.5 Å². The van der Waals surface area contributed by atoms with Crippen LogP contribution in [0.5, 0.6) is 0 Å². The molecular formula is C14H40N9P3. The Bertz CT molecular complexity index is 617. The van der Waals surface area contributed by atoms with E-state index in [-0.39, 0.29) is 12.1 Å². The first-order valence-corrected chi connectivity index (χ1v) is 13.8. The fourth-order valence-corrected chi connectivity index (χ4v) is 16.6. The lowest BCUT2D eigenvalue weighted by molar-refractivity contribution is 0.555. The van der Waals surface area contributed by atoms with Crippen LogP contribution >= 0.6 is 22.5 Å². The zero-order chi connectivity index (χ0) is 20.5. The lowest BCUT2D eigenvalue weighted by Crippen LogP contribution is -2.33. The normalized spacial score (nSPS) is 28.8. The highest BCUT2D eigenvalue weighted by atomic mass is 31.3. The van der Waals surface area contributed by atoms with Gasteiger partial charge in [0.05, 0.1) is 0 Å². The van der Waals surface area contributed by atoms with Crippen LogP contribution in [0.2, 0.25) is 0 Å². The van der Waals surface area contributed by atoms with Crippen molar-refractivity contribution in [2.75, 3.05) is 56.4 Å². The molecule has 0 radical (unpaired) electrons. The third kappa shape index (κ3) is 4.89. The summed E-state index contributed by atoms with van der Waals surface area (Å²) >= 11 is 0. The maximum atomic E-state index is 5.39. The smallest absolute Gasteiger partial charge is 0.220 e. The molecule has 0 saturated heterocycles. The molecule has 0 aromatic rings. The number of hydrogen-bond donors (Lipinski definition) is 2. The lowest BCUT2D eigenvalue weighted by atomic mass is 10.4. The average molecular weight is 427 g/mol. The Morgan fingerprint density at radius 2 is 0.885 bits per heavy atom. The van der Waals surface area contributed by atoms with E-state index in [1.54, 1.807) is 0 Å². The van der Waals surface area contributed by atoms with E-state index in [1.165, 1.54) is 0 Å². The Hall–Kier alpha value is 0.450. The van der Waals surface area contributed by atoms with Crippen molar-refractivity contribution in [1.82, 2.24) is 28.9 Å². The number of rotatable bonds is 8. The fourth-order valence-electron chi connectivity index (χ4n) is 2.59. The second-order valence-electron chi connectivity index (χ2n) is 7.90. The van der Waals surface area contributed by atoms with Crippen LogP contribution < -0.4 is 10.2 Å². The van der Waals surface area contributed by atoms with Gasteiger partial charge < -0.3 is 0 Å². The molecule has 1 rings (SSSR count). The number of nitrogens with zero attached hydrogens (tertiary/aromatic N) is 7. The van der Waals surface area contributed by atoms with Gasteiger partial charge in [0, 0.05) is 12.1 Å². The second-order valence-corrected chi connectivity index (χ2v) is 17.1. The highest BCUT2D eigenvalue weighted by Gasteiger charge is 2.42. The van der Waals surface area contributed by atoms with E-state index in [4.69, 9.17) is 13.5 Å². The van der Waals surface area contributed by atoms with Gasteiger partial charge in [-0.2, -0.15) is 13.5 Å². The van der Waals surface area contributed by atoms with E-state index in [1.807, 2.05) is 0 Å². The Morgan fingerprint density at radius 1 is 0.538 bits per heavy atom. The molecule has 0 aromatic carbocycles. The van der Waals surface area contributed by atoms with Gasteiger partial charge in [-0.15, -0.1) is 0 Å². The van der Waals surface area contributed by atoms with Crippen LogP contribution in [0.1, 0.15) is 27.7 Å². The lowest BCUT2D eigenvalue weighted by Gasteiger charge is -2.45. The molecule has 0 fully saturated rings. The first-order chi connectivity index (χ1) is 11.7. The fraction of sp³-hybridized carbons (Fsp3) is 1.00. The minimum Gasteiger partial charge on any atom is -0.251 e. The predicted molar refractivity (Wildman–Crippen MR) is 119 cm³/mol. The van der Waals surface area contributed by atoms with Crippen LogP contribution in [0.25, 0.3) is 0 Å². The van der Waals surface area contributed by atoms with E-state index in [0.717, 1.165) is 0 Å². The zero-order valence-electron chi connectivity index (χ0n) is 18.6. The molecule has 9 nitrogen and oxygen atoms in total. The highest BCUT2D eigenvalue weighted by Crippen LogP contribution is 2.78. The van der Waals surface area contributed by atoms with Crippen molar-refractivity contribution >= 4 is 22.5 Å². The molecule has 2 unspecified atom stereocenters. The van der Waals surface area contributed by atoms with Crippen LogP contribution in [-0.2, 0) is 0 Å². The molecule has 0 spiro atoms. The molecule has 0 aliphatic carbocycles. The monoisotopic (exact) mass is 427 g/mol. The molecular weight excluding hydrogens is 387 g/mol. The maximum Gasteiger partial charge on any atom is 0.220 e. The minimum absolute atomic E-state index is 0.269. The molecule has 26 heavy (non-hydrogen) atoms. The second kappa shape index (κ2) is 8.86. The third-order valence-electron chi connectivity index (χ3n) is 3.79. The van der Waals surface area contributed by atoms with Gasteiger partial charge in [-0.25, -0.2) is 18.7 Å². The number of nitrogens with one attached hydrogen (secondary N) is 2. The summed E-state index contributed by atoms with van der Waals surface area (Å²) in [5.41, 5.74) is 0. The van der Waals surface area contributed by atoms with Gasteiger partial charge in [0.1, 0.15) is 0 Å². The van der Waals surface area contributed by atoms with Crippen molar-refractivity contribution < 1.29 is 0 Å². The molecule has 2 N–H and O–H groups in total. The third-order valence-corrected chi connectivity index (χ3v) is 15.8. The summed E-state index contributed by atoms with van der Waals surface area (Å²) in [6, 6.07) is 0.538. The molecule has 1 heterocycles. The summed E-state index contributed by atoms with van der Waals surface area (Å²) in [7, 11) is 9.64. The summed E-state index contributed by atoms with van der Waals surface area (Å²) in [5, 5.41) is 7.44. The Balaban J connectivity index is 4.07. The average Bonchev–Trinajstić information content (AvgIpc) is 2.44. The molecule has 156 valence electrons. The van der Waals surface area contributed by atoms with Gasteiger partial charge in [-0.3, -0.25) is 10.2 Å². The number of hydrogen-bond acceptors (Lipinski definition) is 9. The van der Waals surface area contributed by atoms with Gasteiger partial charge in [0.15, 0.2) is 0 Å². The van der Waals surface area contributed by atoms with Crippen molar-refractivity contribution in [2.45, 2.75) is 39.8 Å². The molecule has 0 amide bonds. The van der Waals surface area contributed by atoms with E-state index in [9.17, 15) is 0 Å². The summed E-state index contributed by atoms with van der Waals surface area (Å²) in [5.74, 6) is 0. The first-order valence-electron chi connectivity index (χ1n) is 8.91. The predicted octanol–water partition coefficient (Wildman–Crippen LogP) is 4.08. The summed E-state index contributed by atoms with van der Waals surface area (Å²) < 4.78 is 24.9. The van der Waals surface area contributed by atoms with Crippen LogP contribution in [0.4, 0.5) is 0 Å². The summed E-state index contributed by atoms with van der Waals surface area (Å²) in [4.78, 5) is 0. The molecule has 0 bridgehead atoms. The van der Waals surface area contributed by atoms with E-state index < -0.39 is 22.5 Å². The molecule has 0 saturated carbocycles. The van der Waals surface area contributed by atoms with Gasteiger partial charge >= 0.3 is 0 Å². The van der Waals surface area contributed by atoms with E-state index in [2.05, 4.69) is 113 Å². The molecule has 0 aromatic heterocycles. The van der Waals surface area contributed by atoms with Gasteiger partial charge in [-0.05, 0) is 84.1 Å². The van der Waals surface area contributed by atoms with Gasteiger partial charge in [0.25, 0.3) is 0 Å². The molecule has 1 aliphatic heterocycles. The topological polar surface area (TPSA) is 74.1 Å². The Morgan fingerprint density at radius 3 is 1.15 bits per heavy atom. The molecule has 2 atom stereocenters. The maximum absolute atomic E-state index is 5.39. The van der Waals surface area contributed by atoms with Crippen molar-refractivity contribution in [2.24, 2.45) is 13.5 Å². The van der Waals surface area contributed by atoms with Crippen LogP contribution in [0, 0.1) is 0 Å². The van der Waals surface area contributed by atoms with Crippen molar-refractivity contribution in [1.29, 1.82) is 0 Å². The van der Waals surface area contributed by atoms with Crippen molar-refractivity contribution in [3.8, 4) is 0 Å². The SMILES string of the molecule is CC(C)NP1(N(C)C)=NP(NC(C)C)(N(C)C)=NP(N(C)C)(N(C)C)=N1. The van der Waals surface area contributed by atoms with Gasteiger partial charge in [-0.1, -0.05) is 0 Å². The highest BCUT2D eigenvalue weighted by molar-refractivity contribution is 7.83. The van der Waals surface area contributed by atoms with Crippen LogP contribution in [0.3, 0.4) is 0 Å². The van der Waals surface area contributed by atoms with E-state index >= 15 is 0 Å².